The third-order valence-corrected chi connectivity index (χ3v) is 6.00. The lowest BCUT2D eigenvalue weighted by atomic mass is 10.1. The van der Waals surface area contributed by atoms with E-state index in [9.17, 15) is 4.79 Å². The van der Waals surface area contributed by atoms with Crippen LogP contribution < -0.4 is 5.32 Å². The molecule has 4 rings (SSSR count). The van der Waals surface area contributed by atoms with Crippen LogP contribution in [0.3, 0.4) is 0 Å². The summed E-state index contributed by atoms with van der Waals surface area (Å²) in [5.41, 5.74) is 3.18. The van der Waals surface area contributed by atoms with Crippen LogP contribution in [-0.4, -0.2) is 26.7 Å². The maximum absolute atomic E-state index is 12.9. The van der Waals surface area contributed by atoms with E-state index < -0.39 is 0 Å². The zero-order chi connectivity index (χ0) is 18.8. The van der Waals surface area contributed by atoms with Crippen molar-refractivity contribution in [2.45, 2.75) is 36.2 Å². The van der Waals surface area contributed by atoms with Gasteiger partial charge in [-0.25, -0.2) is 0 Å². The molecule has 0 spiro atoms. The molecule has 1 aliphatic carbocycles. The molecule has 1 heterocycles. The number of amides is 1. The van der Waals surface area contributed by atoms with Gasteiger partial charge in [0.25, 0.3) is 0 Å². The van der Waals surface area contributed by atoms with Crippen molar-refractivity contribution in [3.8, 4) is 11.4 Å². The van der Waals surface area contributed by atoms with Crippen LogP contribution in [0, 0.1) is 6.92 Å². The zero-order valence-corrected chi connectivity index (χ0v) is 16.2. The van der Waals surface area contributed by atoms with Crippen molar-refractivity contribution >= 4 is 17.7 Å². The van der Waals surface area contributed by atoms with E-state index in [1.807, 2.05) is 60.1 Å². The number of carbonyl (C=O) groups excluding carboxylic acids is 1. The fourth-order valence-electron chi connectivity index (χ4n) is 2.99. The second-order valence-electron chi connectivity index (χ2n) is 6.87. The van der Waals surface area contributed by atoms with Crippen molar-refractivity contribution in [1.82, 2.24) is 20.1 Å². The Morgan fingerprint density at radius 3 is 2.52 bits per heavy atom. The number of benzene rings is 2. The normalized spacial score (nSPS) is 14.7. The largest absolute Gasteiger partial charge is 0.352 e. The molecule has 27 heavy (non-hydrogen) atoms. The lowest BCUT2D eigenvalue weighted by Crippen LogP contribution is -2.29. The maximum atomic E-state index is 12.9. The number of hydrogen-bond acceptors (Lipinski definition) is 4. The van der Waals surface area contributed by atoms with Crippen LogP contribution in [0.15, 0.2) is 59.8 Å². The predicted molar refractivity (Wildman–Crippen MR) is 107 cm³/mol. The highest BCUT2D eigenvalue weighted by Gasteiger charge is 2.30. The Hall–Kier alpha value is -2.60. The Bertz CT molecular complexity index is 950. The van der Waals surface area contributed by atoms with Crippen molar-refractivity contribution in [1.29, 1.82) is 0 Å². The number of thioether (sulfide) groups is 1. The van der Waals surface area contributed by atoms with Gasteiger partial charge in [0.1, 0.15) is 5.25 Å². The molecule has 2 aromatic carbocycles. The number of carbonyl (C=O) groups is 1. The SMILES string of the molecule is Cc1ccccc1-c1nnc(S[C@H](C(=O)NC2CC2)c2ccccc2)n1C. The number of rotatable bonds is 6. The summed E-state index contributed by atoms with van der Waals surface area (Å²) in [7, 11) is 1.95. The van der Waals surface area contributed by atoms with E-state index >= 15 is 0 Å². The summed E-state index contributed by atoms with van der Waals surface area (Å²) in [4.78, 5) is 12.9. The van der Waals surface area contributed by atoms with Crippen molar-refractivity contribution in [2.24, 2.45) is 7.05 Å². The predicted octanol–water partition coefficient (Wildman–Crippen LogP) is 3.90. The third kappa shape index (κ3) is 3.90. The van der Waals surface area contributed by atoms with Gasteiger partial charge in [0, 0.05) is 18.7 Å². The minimum Gasteiger partial charge on any atom is -0.352 e. The van der Waals surface area contributed by atoms with Gasteiger partial charge in [0.05, 0.1) is 0 Å². The molecule has 1 atom stereocenters. The van der Waals surface area contributed by atoms with Gasteiger partial charge in [0.2, 0.25) is 5.91 Å². The van der Waals surface area contributed by atoms with Gasteiger partial charge in [-0.15, -0.1) is 10.2 Å². The number of aromatic nitrogens is 3. The fraction of sp³-hybridized carbons (Fsp3) is 0.286. The van der Waals surface area contributed by atoms with Crippen LogP contribution in [0.2, 0.25) is 0 Å². The lowest BCUT2D eigenvalue weighted by Gasteiger charge is -2.16. The van der Waals surface area contributed by atoms with Crippen LogP contribution in [0.25, 0.3) is 11.4 Å². The molecule has 1 amide bonds. The van der Waals surface area contributed by atoms with Gasteiger partial charge in [-0.1, -0.05) is 66.4 Å². The number of hydrogen-bond donors (Lipinski definition) is 1. The van der Waals surface area contributed by atoms with Gasteiger partial charge in [-0.3, -0.25) is 4.79 Å². The van der Waals surface area contributed by atoms with E-state index in [2.05, 4.69) is 28.5 Å². The molecule has 0 bridgehead atoms. The second-order valence-corrected chi connectivity index (χ2v) is 7.94. The molecule has 138 valence electrons. The first-order valence-electron chi connectivity index (χ1n) is 9.11. The fourth-order valence-corrected chi connectivity index (χ4v) is 4.00. The minimum atomic E-state index is -0.348. The summed E-state index contributed by atoms with van der Waals surface area (Å²) in [6, 6.07) is 18.3. The number of nitrogens with one attached hydrogen (secondary N) is 1. The first-order chi connectivity index (χ1) is 13.1. The van der Waals surface area contributed by atoms with Crippen molar-refractivity contribution in [2.75, 3.05) is 0 Å². The summed E-state index contributed by atoms with van der Waals surface area (Å²) in [5, 5.41) is 12.3. The van der Waals surface area contributed by atoms with Crippen LogP contribution in [-0.2, 0) is 11.8 Å². The van der Waals surface area contributed by atoms with E-state index in [0.717, 1.165) is 40.5 Å². The highest BCUT2D eigenvalue weighted by atomic mass is 32.2. The number of aryl methyl sites for hydroxylation is 1. The summed E-state index contributed by atoms with van der Waals surface area (Å²) < 4.78 is 1.97. The highest BCUT2D eigenvalue weighted by molar-refractivity contribution is 8.00. The quantitative estimate of drug-likeness (QED) is 0.661. The minimum absolute atomic E-state index is 0.0362. The molecule has 6 heteroatoms. The zero-order valence-electron chi connectivity index (χ0n) is 15.4. The van der Waals surface area contributed by atoms with E-state index in [1.165, 1.54) is 11.8 Å². The van der Waals surface area contributed by atoms with E-state index in [0.29, 0.717) is 6.04 Å². The van der Waals surface area contributed by atoms with Gasteiger partial charge in [0.15, 0.2) is 11.0 Å². The molecule has 1 N–H and O–H groups in total. The average Bonchev–Trinajstić information content (AvgIpc) is 3.42. The molecule has 1 aromatic heterocycles. The van der Waals surface area contributed by atoms with E-state index in [-0.39, 0.29) is 11.2 Å². The van der Waals surface area contributed by atoms with Gasteiger partial charge >= 0.3 is 0 Å². The molecule has 0 unspecified atom stereocenters. The van der Waals surface area contributed by atoms with Crippen LogP contribution in [0.5, 0.6) is 0 Å². The average molecular weight is 379 g/mol. The molecule has 3 aromatic rings. The summed E-state index contributed by atoms with van der Waals surface area (Å²) >= 11 is 1.44. The first kappa shape index (κ1) is 17.8. The number of nitrogens with zero attached hydrogens (tertiary/aromatic N) is 3. The van der Waals surface area contributed by atoms with Crippen LogP contribution in [0.1, 0.15) is 29.2 Å². The molecule has 0 radical (unpaired) electrons. The van der Waals surface area contributed by atoms with Crippen LogP contribution >= 0.6 is 11.8 Å². The molecule has 1 aliphatic rings. The highest BCUT2D eigenvalue weighted by Crippen LogP contribution is 2.36. The monoisotopic (exact) mass is 378 g/mol. The standard InChI is InChI=1S/C21H22N4OS/c1-14-8-6-7-11-17(14)19-23-24-21(25(19)2)27-18(15-9-4-3-5-10-15)20(26)22-16-12-13-16/h3-11,16,18H,12-13H2,1-2H3,(H,22,26)/t18-/m0/s1. The molecule has 1 saturated carbocycles. The topological polar surface area (TPSA) is 59.8 Å². The van der Waals surface area contributed by atoms with E-state index in [1.54, 1.807) is 0 Å². The lowest BCUT2D eigenvalue weighted by molar-refractivity contribution is -0.120. The molecular formula is C21H22N4OS. The first-order valence-corrected chi connectivity index (χ1v) is 9.99. The summed E-state index contributed by atoms with van der Waals surface area (Å²) in [6.45, 7) is 2.06. The Morgan fingerprint density at radius 1 is 1.11 bits per heavy atom. The van der Waals surface area contributed by atoms with Crippen LogP contribution in [0.4, 0.5) is 0 Å². The molecule has 0 saturated heterocycles. The third-order valence-electron chi connectivity index (χ3n) is 4.71. The Morgan fingerprint density at radius 2 is 1.81 bits per heavy atom. The summed E-state index contributed by atoms with van der Waals surface area (Å²) in [6.07, 6.45) is 2.14. The van der Waals surface area contributed by atoms with Crippen molar-refractivity contribution in [3.63, 3.8) is 0 Å². The van der Waals surface area contributed by atoms with Crippen molar-refractivity contribution in [3.05, 3.63) is 65.7 Å². The maximum Gasteiger partial charge on any atom is 0.238 e. The smallest absolute Gasteiger partial charge is 0.238 e. The molecule has 1 fully saturated rings. The van der Waals surface area contributed by atoms with Gasteiger partial charge in [-0.2, -0.15) is 0 Å². The Labute approximate surface area is 163 Å². The van der Waals surface area contributed by atoms with Crippen molar-refractivity contribution < 1.29 is 4.79 Å². The summed E-state index contributed by atoms with van der Waals surface area (Å²) in [5.74, 6) is 0.846. The molecule has 0 aliphatic heterocycles. The second kappa shape index (κ2) is 7.56. The Kier molecular flexibility index (Phi) is 4.99. The molecular weight excluding hydrogens is 356 g/mol. The van der Waals surface area contributed by atoms with Gasteiger partial charge < -0.3 is 9.88 Å². The van der Waals surface area contributed by atoms with Gasteiger partial charge in [-0.05, 0) is 30.9 Å². The van der Waals surface area contributed by atoms with E-state index in [4.69, 9.17) is 0 Å². The molecule has 5 nitrogen and oxygen atoms in total. The Balaban J connectivity index is 1.63.